The van der Waals surface area contributed by atoms with Gasteiger partial charge < -0.3 is 5.11 Å². The van der Waals surface area contributed by atoms with E-state index in [4.69, 9.17) is 0 Å². The zero-order valence-corrected chi connectivity index (χ0v) is 8.97. The molecule has 0 aliphatic heterocycles. The van der Waals surface area contributed by atoms with Crippen molar-refractivity contribution in [3.05, 3.63) is 0 Å². The third-order valence-corrected chi connectivity index (χ3v) is 3.47. The first kappa shape index (κ1) is 11.9. The third-order valence-electron chi connectivity index (χ3n) is 3.47. The minimum absolute atomic E-state index is 0.0504. The smallest absolute Gasteiger partial charge is 0.248 e. The molecular formula is C11H20F2O. The Morgan fingerprint density at radius 1 is 1.36 bits per heavy atom. The van der Waals surface area contributed by atoms with Crippen LogP contribution in [0, 0.1) is 11.8 Å². The first-order chi connectivity index (χ1) is 6.46. The van der Waals surface area contributed by atoms with E-state index in [-0.39, 0.29) is 24.7 Å². The molecule has 1 N–H and O–H groups in total. The van der Waals surface area contributed by atoms with Gasteiger partial charge >= 0.3 is 0 Å². The van der Waals surface area contributed by atoms with Crippen molar-refractivity contribution < 1.29 is 13.9 Å². The normalized spacial score (nSPS) is 27.2. The van der Waals surface area contributed by atoms with Crippen LogP contribution >= 0.6 is 0 Å². The van der Waals surface area contributed by atoms with Crippen LogP contribution in [-0.2, 0) is 0 Å². The maximum absolute atomic E-state index is 12.8. The number of halogens is 2. The predicted molar refractivity (Wildman–Crippen MR) is 52.4 cm³/mol. The van der Waals surface area contributed by atoms with Gasteiger partial charge in [0.2, 0.25) is 5.92 Å². The molecule has 0 bridgehead atoms. The summed E-state index contributed by atoms with van der Waals surface area (Å²) in [7, 11) is 0. The van der Waals surface area contributed by atoms with Crippen LogP contribution in [-0.4, -0.2) is 17.1 Å². The lowest BCUT2D eigenvalue weighted by Gasteiger charge is -2.33. The number of aliphatic hydroxyl groups excluding tert-OH is 1. The zero-order valence-electron chi connectivity index (χ0n) is 8.97. The fourth-order valence-corrected chi connectivity index (χ4v) is 2.11. The topological polar surface area (TPSA) is 20.2 Å². The highest BCUT2D eigenvalue weighted by Crippen LogP contribution is 2.38. The fraction of sp³-hybridized carbons (Fsp3) is 1.00. The highest BCUT2D eigenvalue weighted by atomic mass is 19.3. The van der Waals surface area contributed by atoms with Gasteiger partial charge in [0, 0.05) is 12.8 Å². The average Bonchev–Trinajstić information content (AvgIpc) is 2.15. The van der Waals surface area contributed by atoms with Crippen molar-refractivity contribution in [3.63, 3.8) is 0 Å². The molecule has 0 amide bonds. The number of rotatable bonds is 3. The van der Waals surface area contributed by atoms with E-state index in [1.54, 1.807) is 0 Å². The fourth-order valence-electron chi connectivity index (χ4n) is 2.11. The summed E-state index contributed by atoms with van der Waals surface area (Å²) < 4.78 is 25.7. The number of alkyl halides is 2. The van der Waals surface area contributed by atoms with E-state index in [1.807, 2.05) is 13.8 Å². The summed E-state index contributed by atoms with van der Waals surface area (Å²) in [4.78, 5) is 0. The molecule has 0 saturated heterocycles. The summed E-state index contributed by atoms with van der Waals surface area (Å²) in [5.74, 6) is -2.16. The molecule has 3 heteroatoms. The lowest BCUT2D eigenvalue weighted by Crippen LogP contribution is -2.34. The van der Waals surface area contributed by atoms with Crippen molar-refractivity contribution in [2.75, 3.05) is 0 Å². The molecule has 0 heterocycles. The third kappa shape index (κ3) is 2.91. The molecule has 1 aliphatic rings. The van der Waals surface area contributed by atoms with Gasteiger partial charge in [0.15, 0.2) is 0 Å². The first-order valence-electron chi connectivity index (χ1n) is 5.52. The van der Waals surface area contributed by atoms with E-state index in [0.717, 1.165) is 6.42 Å². The van der Waals surface area contributed by atoms with Crippen molar-refractivity contribution in [2.45, 2.75) is 58.0 Å². The lowest BCUT2D eigenvalue weighted by molar-refractivity contribution is -0.0693. The highest BCUT2D eigenvalue weighted by molar-refractivity contribution is 4.82. The van der Waals surface area contributed by atoms with Crippen molar-refractivity contribution in [1.29, 1.82) is 0 Å². The van der Waals surface area contributed by atoms with Crippen LogP contribution in [0.3, 0.4) is 0 Å². The summed E-state index contributed by atoms with van der Waals surface area (Å²) >= 11 is 0. The van der Waals surface area contributed by atoms with Crippen molar-refractivity contribution in [1.82, 2.24) is 0 Å². The Kier molecular flexibility index (Phi) is 3.87. The molecule has 2 atom stereocenters. The van der Waals surface area contributed by atoms with Crippen LogP contribution in [0.25, 0.3) is 0 Å². The molecule has 0 aromatic heterocycles. The molecule has 14 heavy (non-hydrogen) atoms. The molecule has 1 rings (SSSR count). The van der Waals surface area contributed by atoms with E-state index in [2.05, 4.69) is 0 Å². The van der Waals surface area contributed by atoms with Crippen molar-refractivity contribution in [2.24, 2.45) is 11.8 Å². The Hall–Kier alpha value is -0.180. The molecule has 1 aliphatic carbocycles. The summed E-state index contributed by atoms with van der Waals surface area (Å²) in [5, 5.41) is 9.87. The molecular weight excluding hydrogens is 186 g/mol. The Balaban J connectivity index is 2.41. The second-order valence-electron chi connectivity index (χ2n) is 4.57. The Bertz CT molecular complexity index is 172. The Labute approximate surface area is 84.5 Å². The summed E-state index contributed by atoms with van der Waals surface area (Å²) in [6, 6.07) is 0. The molecule has 2 unspecified atom stereocenters. The van der Waals surface area contributed by atoms with Gasteiger partial charge in [-0.1, -0.05) is 20.3 Å². The SMILES string of the molecule is CCC(C)C(O)C1CCC(F)(F)CC1. The predicted octanol–water partition coefficient (Wildman–Crippen LogP) is 3.22. The van der Waals surface area contributed by atoms with E-state index >= 15 is 0 Å². The minimum atomic E-state index is -2.48. The number of aliphatic hydroxyl groups is 1. The van der Waals surface area contributed by atoms with Crippen molar-refractivity contribution >= 4 is 0 Å². The van der Waals surface area contributed by atoms with Gasteiger partial charge in [-0.2, -0.15) is 0 Å². The summed E-state index contributed by atoms with van der Waals surface area (Å²) in [5.41, 5.74) is 0. The standard InChI is InChI=1S/C11H20F2O/c1-3-8(2)10(14)9-4-6-11(12,13)7-5-9/h8-10,14H,3-7H2,1-2H3. The van der Waals surface area contributed by atoms with Crippen LogP contribution in [0.4, 0.5) is 8.78 Å². The monoisotopic (exact) mass is 206 g/mol. The Morgan fingerprint density at radius 2 is 1.86 bits per heavy atom. The summed E-state index contributed by atoms with van der Waals surface area (Å²) in [6.07, 6.45) is 1.36. The zero-order chi connectivity index (χ0) is 10.8. The molecule has 0 aromatic rings. The van der Waals surface area contributed by atoms with E-state index in [1.165, 1.54) is 0 Å². The molecule has 84 valence electrons. The molecule has 0 radical (unpaired) electrons. The van der Waals surface area contributed by atoms with Gasteiger partial charge in [0.05, 0.1) is 6.10 Å². The second kappa shape index (κ2) is 4.56. The molecule has 0 spiro atoms. The van der Waals surface area contributed by atoms with Crippen LogP contribution in [0.15, 0.2) is 0 Å². The largest absolute Gasteiger partial charge is 0.393 e. The van der Waals surface area contributed by atoms with Gasteiger partial charge in [-0.3, -0.25) is 0 Å². The van der Waals surface area contributed by atoms with E-state index in [0.29, 0.717) is 12.8 Å². The van der Waals surface area contributed by atoms with Gasteiger partial charge in [-0.05, 0) is 24.7 Å². The maximum Gasteiger partial charge on any atom is 0.248 e. The Morgan fingerprint density at radius 3 is 2.29 bits per heavy atom. The molecule has 1 nitrogen and oxygen atoms in total. The van der Waals surface area contributed by atoms with Gasteiger partial charge in [0.1, 0.15) is 0 Å². The van der Waals surface area contributed by atoms with E-state index in [9.17, 15) is 13.9 Å². The summed E-state index contributed by atoms with van der Waals surface area (Å²) in [6.45, 7) is 4.00. The van der Waals surface area contributed by atoms with Gasteiger partial charge in [0.25, 0.3) is 0 Å². The van der Waals surface area contributed by atoms with Gasteiger partial charge in [-0.25, -0.2) is 8.78 Å². The first-order valence-corrected chi connectivity index (χ1v) is 5.52. The van der Waals surface area contributed by atoms with Crippen LogP contribution in [0.2, 0.25) is 0 Å². The maximum atomic E-state index is 12.8. The van der Waals surface area contributed by atoms with Crippen LogP contribution < -0.4 is 0 Å². The quantitative estimate of drug-likeness (QED) is 0.751. The number of hydrogen-bond donors (Lipinski definition) is 1. The van der Waals surface area contributed by atoms with E-state index < -0.39 is 12.0 Å². The number of hydrogen-bond acceptors (Lipinski definition) is 1. The highest BCUT2D eigenvalue weighted by Gasteiger charge is 2.37. The van der Waals surface area contributed by atoms with Crippen molar-refractivity contribution in [3.8, 4) is 0 Å². The lowest BCUT2D eigenvalue weighted by atomic mass is 9.79. The minimum Gasteiger partial charge on any atom is -0.393 e. The van der Waals surface area contributed by atoms with Crippen LogP contribution in [0.1, 0.15) is 46.0 Å². The average molecular weight is 206 g/mol. The molecule has 1 saturated carbocycles. The molecule has 1 fully saturated rings. The second-order valence-corrected chi connectivity index (χ2v) is 4.57. The molecule has 0 aromatic carbocycles. The van der Waals surface area contributed by atoms with Gasteiger partial charge in [-0.15, -0.1) is 0 Å². The van der Waals surface area contributed by atoms with Crippen LogP contribution in [0.5, 0.6) is 0 Å².